The minimum Gasteiger partial charge on any atom is -0.453 e. The number of hydrogen-bond donors (Lipinski definition) is 1. The van der Waals surface area contributed by atoms with Gasteiger partial charge in [0.05, 0.1) is 13.7 Å². The van der Waals surface area contributed by atoms with Crippen molar-refractivity contribution < 1.29 is 9.53 Å². The number of ether oxygens (including phenoxy) is 1. The molecule has 1 amide bonds. The Morgan fingerprint density at radius 3 is 3.00 bits per heavy atom. The summed E-state index contributed by atoms with van der Waals surface area (Å²) in [7, 11) is 1.36. The van der Waals surface area contributed by atoms with Gasteiger partial charge in [-0.1, -0.05) is 0 Å². The van der Waals surface area contributed by atoms with E-state index in [0.717, 1.165) is 0 Å². The highest BCUT2D eigenvalue weighted by molar-refractivity contribution is 7.10. The van der Waals surface area contributed by atoms with Gasteiger partial charge in [-0.05, 0) is 23.9 Å². The normalized spacial score (nSPS) is 9.50. The molecular formula is C8H11NO2S. The van der Waals surface area contributed by atoms with Crippen molar-refractivity contribution in [3.8, 4) is 0 Å². The van der Waals surface area contributed by atoms with E-state index in [4.69, 9.17) is 0 Å². The molecule has 1 aromatic heterocycles. The number of carbonyl (C=O) groups is 1. The zero-order chi connectivity index (χ0) is 8.97. The summed E-state index contributed by atoms with van der Waals surface area (Å²) in [6, 6.07) is 2.03. The van der Waals surface area contributed by atoms with Crippen LogP contribution in [-0.2, 0) is 11.3 Å². The zero-order valence-corrected chi connectivity index (χ0v) is 7.90. The number of nitrogens with one attached hydrogen (secondary N) is 1. The Labute approximate surface area is 75.4 Å². The number of rotatable bonds is 2. The lowest BCUT2D eigenvalue weighted by Gasteiger charge is -2.01. The molecule has 0 saturated heterocycles. The highest BCUT2D eigenvalue weighted by Crippen LogP contribution is 2.14. The summed E-state index contributed by atoms with van der Waals surface area (Å²) in [6.45, 7) is 2.57. The van der Waals surface area contributed by atoms with Crippen LogP contribution in [0.3, 0.4) is 0 Å². The maximum absolute atomic E-state index is 10.7. The van der Waals surface area contributed by atoms with Gasteiger partial charge in [0.15, 0.2) is 0 Å². The van der Waals surface area contributed by atoms with Crippen molar-refractivity contribution in [2.45, 2.75) is 13.5 Å². The van der Waals surface area contributed by atoms with Crippen LogP contribution in [0.4, 0.5) is 4.79 Å². The van der Waals surface area contributed by atoms with Crippen LogP contribution in [0.15, 0.2) is 11.4 Å². The standard InChI is InChI=1S/C8H11NO2S/c1-6-3-4-12-7(6)5-9-8(10)11-2/h3-4H,5H2,1-2H3,(H,9,10). The molecule has 0 spiro atoms. The van der Waals surface area contributed by atoms with Gasteiger partial charge in [0.2, 0.25) is 0 Å². The molecule has 12 heavy (non-hydrogen) atoms. The number of aryl methyl sites for hydroxylation is 1. The van der Waals surface area contributed by atoms with Crippen LogP contribution in [0.25, 0.3) is 0 Å². The average molecular weight is 185 g/mol. The van der Waals surface area contributed by atoms with Crippen molar-refractivity contribution in [1.29, 1.82) is 0 Å². The van der Waals surface area contributed by atoms with E-state index in [1.807, 2.05) is 18.4 Å². The maximum atomic E-state index is 10.7. The summed E-state index contributed by atoms with van der Waals surface area (Å²) >= 11 is 1.63. The molecule has 0 radical (unpaired) electrons. The Morgan fingerprint density at radius 2 is 2.50 bits per heavy atom. The number of methoxy groups -OCH3 is 1. The van der Waals surface area contributed by atoms with E-state index in [2.05, 4.69) is 10.1 Å². The van der Waals surface area contributed by atoms with Gasteiger partial charge in [-0.2, -0.15) is 0 Å². The molecule has 4 heteroatoms. The molecule has 1 heterocycles. The van der Waals surface area contributed by atoms with Crippen LogP contribution in [0.1, 0.15) is 10.4 Å². The summed E-state index contributed by atoms with van der Waals surface area (Å²) in [5.74, 6) is 0. The SMILES string of the molecule is COC(=O)NCc1sccc1C. The third kappa shape index (κ3) is 2.23. The van der Waals surface area contributed by atoms with Crippen molar-refractivity contribution in [2.24, 2.45) is 0 Å². The predicted octanol–water partition coefficient (Wildman–Crippen LogP) is 1.91. The minimum atomic E-state index is -0.386. The summed E-state index contributed by atoms with van der Waals surface area (Å²) < 4.78 is 4.44. The monoisotopic (exact) mass is 185 g/mol. The first-order chi connectivity index (χ1) is 5.74. The van der Waals surface area contributed by atoms with Crippen LogP contribution < -0.4 is 5.32 Å². The molecule has 0 saturated carbocycles. The molecule has 0 aliphatic rings. The van der Waals surface area contributed by atoms with Gasteiger partial charge in [-0.25, -0.2) is 4.79 Å². The number of hydrogen-bond acceptors (Lipinski definition) is 3. The van der Waals surface area contributed by atoms with Gasteiger partial charge in [0.25, 0.3) is 0 Å². The van der Waals surface area contributed by atoms with E-state index >= 15 is 0 Å². The molecule has 0 aliphatic carbocycles. The molecular weight excluding hydrogens is 174 g/mol. The smallest absolute Gasteiger partial charge is 0.407 e. The molecule has 1 aromatic rings. The Hall–Kier alpha value is -1.03. The van der Waals surface area contributed by atoms with Gasteiger partial charge in [-0.3, -0.25) is 0 Å². The van der Waals surface area contributed by atoms with Gasteiger partial charge >= 0.3 is 6.09 Å². The van der Waals surface area contributed by atoms with E-state index < -0.39 is 0 Å². The summed E-state index contributed by atoms with van der Waals surface area (Å²) in [5, 5.41) is 4.63. The summed E-state index contributed by atoms with van der Waals surface area (Å²) in [6.07, 6.45) is -0.386. The van der Waals surface area contributed by atoms with E-state index in [1.165, 1.54) is 17.6 Å². The highest BCUT2D eigenvalue weighted by Gasteiger charge is 2.01. The van der Waals surface area contributed by atoms with Crippen LogP contribution >= 0.6 is 11.3 Å². The summed E-state index contributed by atoms with van der Waals surface area (Å²) in [4.78, 5) is 11.9. The Kier molecular flexibility index (Phi) is 3.10. The van der Waals surface area contributed by atoms with E-state index in [-0.39, 0.29) is 6.09 Å². The van der Waals surface area contributed by atoms with Gasteiger partial charge in [-0.15, -0.1) is 11.3 Å². The van der Waals surface area contributed by atoms with E-state index in [9.17, 15) is 4.79 Å². The number of carbonyl (C=O) groups excluding carboxylic acids is 1. The number of amides is 1. The second-order valence-corrected chi connectivity index (χ2v) is 3.37. The molecule has 0 fully saturated rings. The highest BCUT2D eigenvalue weighted by atomic mass is 32.1. The van der Waals surface area contributed by atoms with Crippen LogP contribution in [-0.4, -0.2) is 13.2 Å². The van der Waals surface area contributed by atoms with E-state index in [0.29, 0.717) is 6.54 Å². The lowest BCUT2D eigenvalue weighted by molar-refractivity contribution is 0.170. The Bertz CT molecular complexity index is 270. The molecule has 3 nitrogen and oxygen atoms in total. The molecule has 0 aliphatic heterocycles. The molecule has 1 N–H and O–H groups in total. The lowest BCUT2D eigenvalue weighted by Crippen LogP contribution is -2.21. The fourth-order valence-corrected chi connectivity index (χ4v) is 1.66. The van der Waals surface area contributed by atoms with Crippen molar-refractivity contribution >= 4 is 17.4 Å². The first-order valence-corrected chi connectivity index (χ1v) is 4.47. The molecule has 0 unspecified atom stereocenters. The Morgan fingerprint density at radius 1 is 1.75 bits per heavy atom. The largest absolute Gasteiger partial charge is 0.453 e. The average Bonchev–Trinajstić information content (AvgIpc) is 2.47. The number of thiophene rings is 1. The topological polar surface area (TPSA) is 38.3 Å². The first-order valence-electron chi connectivity index (χ1n) is 3.59. The van der Waals surface area contributed by atoms with Crippen LogP contribution in [0.5, 0.6) is 0 Å². The zero-order valence-electron chi connectivity index (χ0n) is 7.09. The number of alkyl carbamates (subject to hydrolysis) is 1. The third-order valence-electron chi connectivity index (χ3n) is 1.55. The second kappa shape index (κ2) is 4.11. The van der Waals surface area contributed by atoms with E-state index in [1.54, 1.807) is 11.3 Å². The van der Waals surface area contributed by atoms with Crippen molar-refractivity contribution in [3.63, 3.8) is 0 Å². The molecule has 0 bridgehead atoms. The van der Waals surface area contributed by atoms with Crippen molar-refractivity contribution in [2.75, 3.05) is 7.11 Å². The second-order valence-electron chi connectivity index (χ2n) is 2.37. The van der Waals surface area contributed by atoms with Gasteiger partial charge in [0.1, 0.15) is 0 Å². The predicted molar refractivity (Wildman–Crippen MR) is 48.3 cm³/mol. The quantitative estimate of drug-likeness (QED) is 0.764. The maximum Gasteiger partial charge on any atom is 0.407 e. The van der Waals surface area contributed by atoms with Crippen molar-refractivity contribution in [1.82, 2.24) is 5.32 Å². The fourth-order valence-electron chi connectivity index (χ4n) is 0.810. The molecule has 0 atom stereocenters. The van der Waals surface area contributed by atoms with Gasteiger partial charge in [0, 0.05) is 4.88 Å². The minimum absolute atomic E-state index is 0.386. The fraction of sp³-hybridized carbons (Fsp3) is 0.375. The van der Waals surface area contributed by atoms with Gasteiger partial charge < -0.3 is 10.1 Å². The Balaban J connectivity index is 2.43. The van der Waals surface area contributed by atoms with Crippen molar-refractivity contribution in [3.05, 3.63) is 21.9 Å². The van der Waals surface area contributed by atoms with Crippen LogP contribution in [0.2, 0.25) is 0 Å². The van der Waals surface area contributed by atoms with Crippen LogP contribution in [0, 0.1) is 6.92 Å². The first kappa shape index (κ1) is 9.06. The third-order valence-corrected chi connectivity index (χ3v) is 2.57. The lowest BCUT2D eigenvalue weighted by atomic mass is 10.3. The summed E-state index contributed by atoms with van der Waals surface area (Å²) in [5.41, 5.74) is 1.21. The molecule has 0 aromatic carbocycles. The molecule has 66 valence electrons. The molecule has 1 rings (SSSR count).